The highest BCUT2D eigenvalue weighted by molar-refractivity contribution is 5.88. The third-order valence-corrected chi connectivity index (χ3v) is 2.93. The van der Waals surface area contributed by atoms with E-state index in [1.165, 1.54) is 11.8 Å². The number of nitrogens with zero attached hydrogens (tertiary/aromatic N) is 3. The summed E-state index contributed by atoms with van der Waals surface area (Å²) in [6, 6.07) is 0.304. The van der Waals surface area contributed by atoms with Gasteiger partial charge in [-0.05, 0) is 18.8 Å². The van der Waals surface area contributed by atoms with Crippen LogP contribution in [0, 0.1) is 0 Å². The zero-order valence-corrected chi connectivity index (χ0v) is 11.3. The molecule has 19 heavy (non-hydrogen) atoms. The zero-order valence-electron chi connectivity index (χ0n) is 11.3. The summed E-state index contributed by atoms with van der Waals surface area (Å²) in [6.45, 7) is 3.91. The number of hydrogen-bond donors (Lipinski definition) is 1. The fourth-order valence-corrected chi connectivity index (χ4v) is 1.89. The number of esters is 1. The molecular weight excluding hydrogens is 248 g/mol. The lowest BCUT2D eigenvalue weighted by Gasteiger charge is -2.10. The molecule has 1 fully saturated rings. The zero-order chi connectivity index (χ0) is 14.0. The Morgan fingerprint density at radius 2 is 2.16 bits per heavy atom. The minimum absolute atomic E-state index is 0.0258. The van der Waals surface area contributed by atoms with Crippen molar-refractivity contribution in [3.63, 3.8) is 0 Å². The van der Waals surface area contributed by atoms with Gasteiger partial charge in [0, 0.05) is 6.04 Å². The van der Waals surface area contributed by atoms with Crippen LogP contribution in [0.15, 0.2) is 0 Å². The number of rotatable bonds is 5. The maximum absolute atomic E-state index is 11.8. The Bertz CT molecular complexity index is 491. The van der Waals surface area contributed by atoms with Crippen molar-refractivity contribution in [2.45, 2.75) is 45.2 Å². The number of aromatic nitrogens is 3. The van der Waals surface area contributed by atoms with Gasteiger partial charge >= 0.3 is 5.97 Å². The maximum Gasteiger partial charge on any atom is 0.360 e. The van der Waals surface area contributed by atoms with Gasteiger partial charge in [-0.2, -0.15) is 0 Å². The van der Waals surface area contributed by atoms with E-state index in [-0.39, 0.29) is 24.1 Å². The van der Waals surface area contributed by atoms with E-state index in [0.717, 1.165) is 12.8 Å². The summed E-state index contributed by atoms with van der Waals surface area (Å²) in [5, 5.41) is 10.6. The molecule has 7 heteroatoms. The van der Waals surface area contributed by atoms with Crippen LogP contribution < -0.4 is 5.32 Å². The van der Waals surface area contributed by atoms with Gasteiger partial charge in [-0.1, -0.05) is 19.1 Å². The first-order chi connectivity index (χ1) is 9.02. The number of carbonyl (C=O) groups excluding carboxylic acids is 2. The van der Waals surface area contributed by atoms with Gasteiger partial charge in [0.25, 0.3) is 0 Å². The van der Waals surface area contributed by atoms with E-state index < -0.39 is 5.97 Å². The molecule has 1 saturated carbocycles. The van der Waals surface area contributed by atoms with E-state index >= 15 is 0 Å². The Balaban J connectivity index is 2.16. The topological polar surface area (TPSA) is 86.1 Å². The Morgan fingerprint density at radius 1 is 1.47 bits per heavy atom. The first kappa shape index (κ1) is 13.5. The fraction of sp³-hybridized carbons (Fsp3) is 0.667. The number of carbonyl (C=O) groups is 2. The van der Waals surface area contributed by atoms with Gasteiger partial charge in [0.2, 0.25) is 5.91 Å². The number of amides is 1. The van der Waals surface area contributed by atoms with E-state index in [1.807, 2.05) is 13.8 Å². The average Bonchev–Trinajstić information content (AvgIpc) is 3.05. The van der Waals surface area contributed by atoms with Crippen LogP contribution >= 0.6 is 0 Å². The Hall–Kier alpha value is -1.92. The molecule has 0 atom stereocenters. The van der Waals surface area contributed by atoms with Crippen molar-refractivity contribution in [2.24, 2.45) is 0 Å². The molecular formula is C12H18N4O3. The van der Waals surface area contributed by atoms with Crippen LogP contribution in [0.25, 0.3) is 0 Å². The molecule has 1 N–H and O–H groups in total. The van der Waals surface area contributed by atoms with Gasteiger partial charge < -0.3 is 10.1 Å². The smallest absolute Gasteiger partial charge is 0.360 e. The van der Waals surface area contributed by atoms with Gasteiger partial charge in [0.05, 0.1) is 12.8 Å². The molecule has 1 aromatic heterocycles. The van der Waals surface area contributed by atoms with Crippen molar-refractivity contribution in [1.29, 1.82) is 0 Å². The molecule has 104 valence electrons. The maximum atomic E-state index is 11.8. The van der Waals surface area contributed by atoms with Crippen molar-refractivity contribution < 1.29 is 14.3 Å². The summed E-state index contributed by atoms with van der Waals surface area (Å²) in [5.41, 5.74) is 0.800. The molecule has 1 amide bonds. The fourth-order valence-electron chi connectivity index (χ4n) is 1.89. The summed E-state index contributed by atoms with van der Waals surface area (Å²) < 4.78 is 6.13. The van der Waals surface area contributed by atoms with Crippen molar-refractivity contribution >= 4 is 11.9 Å². The first-order valence-electron chi connectivity index (χ1n) is 6.34. The highest BCUT2D eigenvalue weighted by Crippen LogP contribution is 2.20. The lowest BCUT2D eigenvalue weighted by molar-refractivity contribution is -0.122. The van der Waals surface area contributed by atoms with Crippen molar-refractivity contribution in [3.05, 3.63) is 11.4 Å². The van der Waals surface area contributed by atoms with Crippen LogP contribution in [0.3, 0.4) is 0 Å². The Labute approximate surface area is 111 Å². The van der Waals surface area contributed by atoms with Gasteiger partial charge in [-0.15, -0.1) is 5.10 Å². The Morgan fingerprint density at radius 3 is 2.68 bits per heavy atom. The highest BCUT2D eigenvalue weighted by Gasteiger charge is 2.26. The number of methoxy groups -OCH3 is 1. The van der Waals surface area contributed by atoms with Gasteiger partial charge in [0.15, 0.2) is 5.69 Å². The van der Waals surface area contributed by atoms with Crippen LogP contribution in [-0.2, 0) is 16.1 Å². The van der Waals surface area contributed by atoms with Gasteiger partial charge in [0.1, 0.15) is 6.54 Å². The van der Waals surface area contributed by atoms with Crippen molar-refractivity contribution in [2.75, 3.05) is 7.11 Å². The van der Waals surface area contributed by atoms with Crippen LogP contribution in [0.4, 0.5) is 0 Å². The number of hydrogen-bond acceptors (Lipinski definition) is 5. The molecule has 0 saturated heterocycles. The van der Waals surface area contributed by atoms with Crippen molar-refractivity contribution in [1.82, 2.24) is 20.3 Å². The molecule has 0 radical (unpaired) electrons. The summed E-state index contributed by atoms with van der Waals surface area (Å²) >= 11 is 0. The summed E-state index contributed by atoms with van der Waals surface area (Å²) in [5.74, 6) is -0.610. The van der Waals surface area contributed by atoms with Gasteiger partial charge in [-0.3, -0.25) is 4.79 Å². The standard InChI is InChI=1S/C12H18N4O3/c1-7(2)11-10(12(18)19-3)14-15-16(11)6-9(17)13-8-4-5-8/h7-8H,4-6H2,1-3H3,(H,13,17). The lowest BCUT2D eigenvalue weighted by Crippen LogP contribution is -2.30. The summed E-state index contributed by atoms with van der Waals surface area (Å²) in [4.78, 5) is 23.4. The van der Waals surface area contributed by atoms with Crippen LogP contribution in [-0.4, -0.2) is 40.0 Å². The monoisotopic (exact) mass is 266 g/mol. The molecule has 2 rings (SSSR count). The molecule has 0 aromatic carbocycles. The predicted octanol–water partition coefficient (Wildman–Crippen LogP) is 0.467. The third kappa shape index (κ3) is 3.10. The van der Waals surface area contributed by atoms with Crippen LogP contribution in [0.5, 0.6) is 0 Å². The minimum atomic E-state index is -0.530. The van der Waals surface area contributed by atoms with E-state index in [4.69, 9.17) is 0 Å². The van der Waals surface area contributed by atoms with E-state index in [2.05, 4.69) is 20.4 Å². The second kappa shape index (κ2) is 5.38. The van der Waals surface area contributed by atoms with Crippen LogP contribution in [0.2, 0.25) is 0 Å². The molecule has 0 aliphatic heterocycles. The molecule has 1 aromatic rings. The molecule has 1 aliphatic carbocycles. The molecule has 0 spiro atoms. The lowest BCUT2D eigenvalue weighted by atomic mass is 10.1. The number of ether oxygens (including phenoxy) is 1. The van der Waals surface area contributed by atoms with E-state index in [1.54, 1.807) is 0 Å². The third-order valence-electron chi connectivity index (χ3n) is 2.93. The van der Waals surface area contributed by atoms with Crippen LogP contribution in [0.1, 0.15) is 48.8 Å². The second-order valence-electron chi connectivity index (χ2n) is 4.97. The predicted molar refractivity (Wildman–Crippen MR) is 66.6 cm³/mol. The summed E-state index contributed by atoms with van der Waals surface area (Å²) in [6.07, 6.45) is 2.07. The quantitative estimate of drug-likeness (QED) is 0.783. The normalized spacial score (nSPS) is 14.5. The van der Waals surface area contributed by atoms with E-state index in [0.29, 0.717) is 11.7 Å². The largest absolute Gasteiger partial charge is 0.464 e. The minimum Gasteiger partial charge on any atom is -0.464 e. The molecule has 0 unspecified atom stereocenters. The second-order valence-corrected chi connectivity index (χ2v) is 4.97. The van der Waals surface area contributed by atoms with Gasteiger partial charge in [-0.25, -0.2) is 9.48 Å². The molecule has 1 heterocycles. The highest BCUT2D eigenvalue weighted by atomic mass is 16.5. The first-order valence-corrected chi connectivity index (χ1v) is 6.34. The van der Waals surface area contributed by atoms with E-state index in [9.17, 15) is 9.59 Å². The van der Waals surface area contributed by atoms with Crippen molar-refractivity contribution in [3.8, 4) is 0 Å². The molecule has 7 nitrogen and oxygen atoms in total. The molecule has 1 aliphatic rings. The summed E-state index contributed by atoms with van der Waals surface area (Å²) in [7, 11) is 1.30. The molecule has 0 bridgehead atoms. The SMILES string of the molecule is COC(=O)c1nnn(CC(=O)NC2CC2)c1C(C)C. The average molecular weight is 266 g/mol. The Kier molecular flexibility index (Phi) is 3.82. The number of nitrogens with one attached hydrogen (secondary N) is 1.